The largest absolute Gasteiger partial charge is 0.445 e. The van der Waals surface area contributed by atoms with Crippen LogP contribution in [-0.2, 0) is 9.47 Å². The van der Waals surface area contributed by atoms with Crippen LogP contribution in [0.3, 0.4) is 0 Å². The molecule has 2 aromatic rings. The van der Waals surface area contributed by atoms with E-state index in [9.17, 15) is 31.1 Å². The predicted molar refractivity (Wildman–Crippen MR) is 102 cm³/mol. The Labute approximate surface area is 178 Å². The van der Waals surface area contributed by atoms with E-state index in [-0.39, 0.29) is 22.6 Å². The van der Waals surface area contributed by atoms with Crippen LogP contribution in [0.5, 0.6) is 0 Å². The minimum absolute atomic E-state index is 0.0357. The van der Waals surface area contributed by atoms with E-state index in [1.54, 1.807) is 0 Å². The molecule has 0 radical (unpaired) electrons. The van der Waals surface area contributed by atoms with E-state index in [1.165, 1.54) is 0 Å². The first-order valence-electron chi connectivity index (χ1n) is 9.38. The number of rotatable bonds is 5. The summed E-state index contributed by atoms with van der Waals surface area (Å²) in [5.41, 5.74) is 5.44. The molecule has 1 saturated heterocycles. The van der Waals surface area contributed by atoms with Crippen molar-refractivity contribution in [2.45, 2.75) is 25.4 Å². The first kappa shape index (κ1) is 25.2. The molecular formula is C19H20F6N4O3. The predicted octanol–water partition coefficient (Wildman–Crippen LogP) is 4.66. The van der Waals surface area contributed by atoms with E-state index >= 15 is 0 Å². The molecule has 0 amide bonds. The van der Waals surface area contributed by atoms with Gasteiger partial charge in [-0.2, -0.15) is 5.10 Å². The molecule has 0 bridgehead atoms. The smallest absolute Gasteiger partial charge is 0.436 e. The number of hydrogen-bond donors (Lipinski definition) is 1. The molecule has 1 atom stereocenters. The summed E-state index contributed by atoms with van der Waals surface area (Å²) in [5, 5.41) is 4.15. The zero-order chi connectivity index (χ0) is 23.7. The number of carbonyl (C=O) groups excluding carboxylic acids is 1. The van der Waals surface area contributed by atoms with Crippen LogP contribution in [0.2, 0.25) is 0 Å². The Bertz CT molecular complexity index is 924. The number of benzene rings is 1. The van der Waals surface area contributed by atoms with E-state index in [0.717, 1.165) is 31.3 Å². The van der Waals surface area contributed by atoms with Crippen molar-refractivity contribution in [3.63, 3.8) is 0 Å². The van der Waals surface area contributed by atoms with Gasteiger partial charge >= 0.3 is 6.09 Å². The second-order valence-corrected chi connectivity index (χ2v) is 6.29. The van der Waals surface area contributed by atoms with Gasteiger partial charge in [-0.05, 0) is 37.0 Å². The molecule has 32 heavy (non-hydrogen) atoms. The fourth-order valence-corrected chi connectivity index (χ4v) is 3.09. The van der Waals surface area contributed by atoms with Gasteiger partial charge in [-0.25, -0.2) is 36.1 Å². The molecule has 176 valence electrons. The Hall–Kier alpha value is -3.09. The summed E-state index contributed by atoms with van der Waals surface area (Å²) < 4.78 is 84.0. The molecule has 1 fully saturated rings. The van der Waals surface area contributed by atoms with Gasteiger partial charge in [0.2, 0.25) is 6.93 Å². The van der Waals surface area contributed by atoms with Gasteiger partial charge in [0.1, 0.15) is 25.1 Å². The van der Waals surface area contributed by atoms with Crippen LogP contribution >= 0.6 is 0 Å². The molecule has 3 rings (SSSR count). The minimum atomic E-state index is -1.75. The summed E-state index contributed by atoms with van der Waals surface area (Å²) in [7, 11) is 0. The Morgan fingerprint density at radius 3 is 2.44 bits per heavy atom. The van der Waals surface area contributed by atoms with E-state index in [4.69, 9.17) is 15.2 Å². The number of nitrogens with two attached hydrogens (primary N) is 1. The minimum Gasteiger partial charge on any atom is -0.445 e. The van der Waals surface area contributed by atoms with Gasteiger partial charge in [-0.3, -0.25) is 0 Å². The molecule has 1 aliphatic heterocycles. The third-order valence-corrected chi connectivity index (χ3v) is 4.32. The zero-order valence-corrected chi connectivity index (χ0v) is 16.7. The topological polar surface area (TPSA) is 91.7 Å². The van der Waals surface area contributed by atoms with E-state index in [2.05, 4.69) is 10.1 Å². The number of aliphatic imine (C=N–C) groups is 1. The second-order valence-electron chi connectivity index (χ2n) is 6.29. The molecule has 1 aromatic heterocycles. The lowest BCUT2D eigenvalue weighted by atomic mass is 9.98. The van der Waals surface area contributed by atoms with Crippen LogP contribution in [0.1, 0.15) is 31.1 Å². The van der Waals surface area contributed by atoms with Crippen molar-refractivity contribution >= 4 is 18.2 Å². The van der Waals surface area contributed by atoms with Crippen LogP contribution in [0.25, 0.3) is 11.1 Å². The van der Waals surface area contributed by atoms with Crippen molar-refractivity contribution in [3.8, 4) is 11.1 Å². The molecule has 1 unspecified atom stereocenters. The number of alkyl halides is 3. The Kier molecular flexibility index (Phi) is 9.50. The lowest BCUT2D eigenvalue weighted by Gasteiger charge is -2.22. The van der Waals surface area contributed by atoms with Crippen molar-refractivity contribution in [2.75, 3.05) is 26.8 Å². The average molecular weight is 466 g/mol. The molecule has 1 aliphatic rings. The first-order valence-corrected chi connectivity index (χ1v) is 9.38. The van der Waals surface area contributed by atoms with Crippen molar-refractivity contribution in [3.05, 3.63) is 35.3 Å². The average Bonchev–Trinajstić information content (AvgIpc) is 3.16. The number of ether oxygens (including phenoxy) is 2. The fourth-order valence-electron chi connectivity index (χ4n) is 3.09. The summed E-state index contributed by atoms with van der Waals surface area (Å²) in [5.74, 6) is -4.69. The Morgan fingerprint density at radius 2 is 1.91 bits per heavy atom. The van der Waals surface area contributed by atoms with Gasteiger partial charge in [-0.1, -0.05) is 0 Å². The van der Waals surface area contributed by atoms with Crippen LogP contribution in [0.15, 0.2) is 17.1 Å². The van der Waals surface area contributed by atoms with Gasteiger partial charge in [0.05, 0.1) is 11.9 Å². The van der Waals surface area contributed by atoms with Gasteiger partial charge < -0.3 is 15.2 Å². The van der Waals surface area contributed by atoms with E-state index in [0.29, 0.717) is 17.7 Å². The second kappa shape index (κ2) is 12.1. The highest BCUT2D eigenvalue weighted by molar-refractivity contribution is 5.85. The maximum absolute atomic E-state index is 13.9. The normalized spacial score (nSPS) is 16.0. The third kappa shape index (κ3) is 5.78. The van der Waals surface area contributed by atoms with E-state index in [1.807, 2.05) is 0 Å². The monoisotopic (exact) mass is 466 g/mol. The first-order chi connectivity index (χ1) is 15.4. The molecule has 2 heterocycles. The molecule has 2 N–H and O–H groups in total. The SMILES string of the molecule is FCF.N/C=N\c1c(-c2cc(F)c(F)c(F)c2)c(C2CCCCO2)nn1C(=O)OCCF. The number of nitrogens with zero attached hydrogens (tertiary/aromatic N) is 3. The Morgan fingerprint density at radius 1 is 1.25 bits per heavy atom. The van der Waals surface area contributed by atoms with E-state index < -0.39 is 49.9 Å². The van der Waals surface area contributed by atoms with Gasteiger partial charge in [0.15, 0.2) is 23.3 Å². The van der Waals surface area contributed by atoms with Crippen LogP contribution in [-0.4, -0.2) is 49.0 Å². The highest BCUT2D eigenvalue weighted by atomic mass is 19.3. The number of hydrogen-bond acceptors (Lipinski definition) is 5. The van der Waals surface area contributed by atoms with Gasteiger partial charge in [-0.15, -0.1) is 4.68 Å². The van der Waals surface area contributed by atoms with Crippen molar-refractivity contribution in [1.82, 2.24) is 9.78 Å². The summed E-state index contributed by atoms with van der Waals surface area (Å²) in [6.07, 6.45) is 1.33. The van der Waals surface area contributed by atoms with Crippen molar-refractivity contribution in [2.24, 2.45) is 10.7 Å². The van der Waals surface area contributed by atoms with Crippen LogP contribution < -0.4 is 5.73 Å². The van der Waals surface area contributed by atoms with Crippen molar-refractivity contribution < 1.29 is 40.6 Å². The molecule has 13 heteroatoms. The number of aromatic nitrogens is 2. The standard InChI is InChI=1S/C18H18F4N4O3.CH2F2/c19-4-6-29-18(27)26-17(24-9-23)14(10-7-11(20)15(22)12(21)8-10)16(25-26)13-3-1-2-5-28-13;2-1-3/h7-9,13H,1-6H2,(H2,23,24);1H2. The summed E-state index contributed by atoms with van der Waals surface area (Å²) in [6.45, 7) is -2.76. The highest BCUT2D eigenvalue weighted by Gasteiger charge is 2.31. The maximum atomic E-state index is 13.9. The molecule has 0 aliphatic carbocycles. The zero-order valence-electron chi connectivity index (χ0n) is 16.7. The Balaban J connectivity index is 0.00000114. The lowest BCUT2D eigenvalue weighted by Crippen LogP contribution is -2.18. The maximum Gasteiger partial charge on any atom is 0.436 e. The molecule has 7 nitrogen and oxygen atoms in total. The summed E-state index contributed by atoms with van der Waals surface area (Å²) in [4.78, 5) is 16.2. The summed E-state index contributed by atoms with van der Waals surface area (Å²) in [6, 6.07) is 1.52. The molecular weight excluding hydrogens is 446 g/mol. The molecule has 0 spiro atoms. The van der Waals surface area contributed by atoms with Gasteiger partial charge in [0.25, 0.3) is 0 Å². The van der Waals surface area contributed by atoms with Gasteiger partial charge in [0, 0.05) is 6.61 Å². The number of halogens is 6. The van der Waals surface area contributed by atoms with Crippen molar-refractivity contribution in [1.29, 1.82) is 0 Å². The molecule has 0 saturated carbocycles. The third-order valence-electron chi connectivity index (χ3n) is 4.32. The quantitative estimate of drug-likeness (QED) is 0.299. The number of carbonyl (C=O) groups is 1. The lowest BCUT2D eigenvalue weighted by molar-refractivity contribution is 0.0123. The molecule has 1 aromatic carbocycles. The fraction of sp³-hybridized carbons (Fsp3) is 0.421. The summed E-state index contributed by atoms with van der Waals surface area (Å²) >= 11 is 0. The highest BCUT2D eigenvalue weighted by Crippen LogP contribution is 2.41. The van der Waals surface area contributed by atoms with Crippen LogP contribution in [0, 0.1) is 17.5 Å². The van der Waals surface area contributed by atoms with Crippen LogP contribution in [0.4, 0.5) is 37.0 Å².